The molecule has 7 nitrogen and oxygen atoms in total. The molecule has 2 aromatic carbocycles. The normalized spacial score (nSPS) is 10.9. The van der Waals surface area contributed by atoms with Crippen molar-refractivity contribution in [3.8, 4) is 11.5 Å². The van der Waals surface area contributed by atoms with Crippen molar-refractivity contribution in [2.24, 2.45) is 0 Å². The van der Waals surface area contributed by atoms with Gasteiger partial charge in [-0.25, -0.2) is 0 Å². The van der Waals surface area contributed by atoms with Crippen LogP contribution in [-0.4, -0.2) is 37.2 Å². The van der Waals surface area contributed by atoms with Crippen LogP contribution in [0.4, 0.5) is 0 Å². The van der Waals surface area contributed by atoms with Gasteiger partial charge in [0.05, 0.1) is 18.4 Å². The van der Waals surface area contributed by atoms with E-state index in [4.69, 9.17) is 14.0 Å². The number of amides is 1. The average molecular weight is 424 g/mol. The molecule has 164 valence electrons. The van der Waals surface area contributed by atoms with Crippen molar-refractivity contribution in [2.45, 2.75) is 33.5 Å². The van der Waals surface area contributed by atoms with Crippen molar-refractivity contribution in [3.05, 3.63) is 76.2 Å². The molecule has 0 aliphatic heterocycles. The molecule has 0 spiro atoms. The molecule has 1 aromatic heterocycles. The molecule has 3 rings (SSSR count). The third-order valence-electron chi connectivity index (χ3n) is 5.02. The Morgan fingerprint density at radius 3 is 2.48 bits per heavy atom. The Hall–Kier alpha value is -3.32. The summed E-state index contributed by atoms with van der Waals surface area (Å²) in [6.45, 7) is 5.30. The highest BCUT2D eigenvalue weighted by molar-refractivity contribution is 5.94. The summed E-state index contributed by atoms with van der Waals surface area (Å²) in [5.74, 6) is 1.60. The van der Waals surface area contributed by atoms with E-state index >= 15 is 0 Å². The van der Waals surface area contributed by atoms with Crippen molar-refractivity contribution in [1.29, 1.82) is 0 Å². The molecule has 7 heteroatoms. The van der Waals surface area contributed by atoms with Gasteiger partial charge < -0.3 is 24.2 Å². The van der Waals surface area contributed by atoms with Crippen molar-refractivity contribution >= 4 is 5.91 Å². The van der Waals surface area contributed by atoms with Gasteiger partial charge in [-0.05, 0) is 57.3 Å². The van der Waals surface area contributed by atoms with Crippen LogP contribution in [0.2, 0.25) is 0 Å². The molecule has 0 unspecified atom stereocenters. The molecule has 0 bridgehead atoms. The largest absolute Gasteiger partial charge is 0.493 e. The minimum atomic E-state index is -0.171. The van der Waals surface area contributed by atoms with E-state index in [-0.39, 0.29) is 5.91 Å². The standard InChI is InChI=1S/C24H29N3O4/c1-16-21(17(2)31-26-16)15-30-22-11-10-18(12-23(22)29-5)24(28)25-13-19-8-6-7-9-20(19)14-27(3)4/h6-12H,13-15H2,1-5H3,(H,25,28). The zero-order valence-corrected chi connectivity index (χ0v) is 18.7. The van der Waals surface area contributed by atoms with E-state index in [1.807, 2.05) is 46.1 Å². The molecular weight excluding hydrogens is 394 g/mol. The summed E-state index contributed by atoms with van der Waals surface area (Å²) in [4.78, 5) is 14.8. The molecule has 1 N–H and O–H groups in total. The maximum atomic E-state index is 12.7. The molecule has 0 atom stereocenters. The quantitative estimate of drug-likeness (QED) is 0.563. The molecule has 0 fully saturated rings. The van der Waals surface area contributed by atoms with E-state index in [1.54, 1.807) is 25.3 Å². The van der Waals surface area contributed by atoms with Crippen LogP contribution in [0.3, 0.4) is 0 Å². The van der Waals surface area contributed by atoms with E-state index in [2.05, 4.69) is 21.4 Å². The summed E-state index contributed by atoms with van der Waals surface area (Å²) in [6, 6.07) is 13.3. The summed E-state index contributed by atoms with van der Waals surface area (Å²) in [5.41, 5.74) is 4.48. The van der Waals surface area contributed by atoms with Gasteiger partial charge in [-0.1, -0.05) is 29.4 Å². The molecular formula is C24H29N3O4. The van der Waals surface area contributed by atoms with E-state index in [0.717, 1.165) is 29.1 Å². The molecule has 0 saturated heterocycles. The number of methoxy groups -OCH3 is 1. The Bertz CT molecular complexity index is 1020. The number of ether oxygens (including phenoxy) is 2. The second-order valence-electron chi connectivity index (χ2n) is 7.65. The lowest BCUT2D eigenvalue weighted by molar-refractivity contribution is 0.0950. The summed E-state index contributed by atoms with van der Waals surface area (Å²) in [7, 11) is 5.60. The molecule has 1 heterocycles. The van der Waals surface area contributed by atoms with Crippen LogP contribution in [0.15, 0.2) is 47.0 Å². The number of hydrogen-bond acceptors (Lipinski definition) is 6. The van der Waals surface area contributed by atoms with Gasteiger partial charge in [0, 0.05) is 18.7 Å². The monoisotopic (exact) mass is 423 g/mol. The number of benzene rings is 2. The van der Waals surface area contributed by atoms with E-state index < -0.39 is 0 Å². The van der Waals surface area contributed by atoms with Gasteiger partial charge >= 0.3 is 0 Å². The number of carbonyl (C=O) groups excluding carboxylic acids is 1. The smallest absolute Gasteiger partial charge is 0.251 e. The van der Waals surface area contributed by atoms with Crippen molar-refractivity contribution in [2.75, 3.05) is 21.2 Å². The number of hydrogen-bond donors (Lipinski definition) is 1. The number of carbonyl (C=O) groups is 1. The summed E-state index contributed by atoms with van der Waals surface area (Å²) in [6.07, 6.45) is 0. The van der Waals surface area contributed by atoms with Crippen LogP contribution in [-0.2, 0) is 19.7 Å². The van der Waals surface area contributed by atoms with E-state index in [9.17, 15) is 4.79 Å². The molecule has 0 radical (unpaired) electrons. The Morgan fingerprint density at radius 1 is 1.10 bits per heavy atom. The lowest BCUT2D eigenvalue weighted by Gasteiger charge is -2.15. The van der Waals surface area contributed by atoms with Crippen LogP contribution in [0.25, 0.3) is 0 Å². The molecule has 0 aliphatic rings. The Labute approximate surface area is 182 Å². The highest BCUT2D eigenvalue weighted by atomic mass is 16.5. The lowest BCUT2D eigenvalue weighted by Crippen LogP contribution is -2.24. The molecule has 0 saturated carbocycles. The number of aryl methyl sites for hydroxylation is 2. The second-order valence-corrected chi connectivity index (χ2v) is 7.65. The predicted molar refractivity (Wildman–Crippen MR) is 118 cm³/mol. The third kappa shape index (κ3) is 5.64. The van der Waals surface area contributed by atoms with Crippen LogP contribution in [0.5, 0.6) is 11.5 Å². The van der Waals surface area contributed by atoms with Crippen LogP contribution >= 0.6 is 0 Å². The first-order valence-corrected chi connectivity index (χ1v) is 10.1. The zero-order valence-electron chi connectivity index (χ0n) is 18.7. The van der Waals surface area contributed by atoms with Gasteiger partial charge in [0.2, 0.25) is 0 Å². The van der Waals surface area contributed by atoms with Gasteiger partial charge in [-0.3, -0.25) is 4.79 Å². The van der Waals surface area contributed by atoms with Crippen LogP contribution in [0.1, 0.15) is 38.5 Å². The third-order valence-corrected chi connectivity index (χ3v) is 5.02. The SMILES string of the molecule is COc1cc(C(=O)NCc2ccccc2CN(C)C)ccc1OCc1c(C)noc1C. The van der Waals surface area contributed by atoms with Crippen molar-refractivity contribution < 1.29 is 18.8 Å². The maximum absolute atomic E-state index is 12.7. The first-order valence-electron chi connectivity index (χ1n) is 10.1. The Kier molecular flexibility index (Phi) is 7.31. The highest BCUT2D eigenvalue weighted by Gasteiger charge is 2.14. The minimum Gasteiger partial charge on any atom is -0.493 e. The Balaban J connectivity index is 1.67. The molecule has 3 aromatic rings. The summed E-state index contributed by atoms with van der Waals surface area (Å²) >= 11 is 0. The van der Waals surface area contributed by atoms with E-state index in [0.29, 0.717) is 30.2 Å². The van der Waals surface area contributed by atoms with Crippen molar-refractivity contribution in [3.63, 3.8) is 0 Å². The van der Waals surface area contributed by atoms with Crippen LogP contribution < -0.4 is 14.8 Å². The first kappa shape index (κ1) is 22.4. The topological polar surface area (TPSA) is 76.8 Å². The number of nitrogens with zero attached hydrogens (tertiary/aromatic N) is 2. The van der Waals surface area contributed by atoms with Gasteiger partial charge in [-0.15, -0.1) is 0 Å². The number of aromatic nitrogens is 1. The molecule has 1 amide bonds. The van der Waals surface area contributed by atoms with Gasteiger partial charge in [0.1, 0.15) is 12.4 Å². The first-order chi connectivity index (χ1) is 14.9. The van der Waals surface area contributed by atoms with Gasteiger partial charge in [-0.2, -0.15) is 0 Å². The predicted octanol–water partition coefficient (Wildman–Crippen LogP) is 3.87. The summed E-state index contributed by atoms with van der Waals surface area (Å²) < 4.78 is 16.5. The fourth-order valence-electron chi connectivity index (χ4n) is 3.29. The van der Waals surface area contributed by atoms with Gasteiger partial charge in [0.15, 0.2) is 11.5 Å². The lowest BCUT2D eigenvalue weighted by atomic mass is 10.1. The highest BCUT2D eigenvalue weighted by Crippen LogP contribution is 2.29. The minimum absolute atomic E-state index is 0.171. The summed E-state index contributed by atoms with van der Waals surface area (Å²) in [5, 5.41) is 6.93. The Morgan fingerprint density at radius 2 is 1.84 bits per heavy atom. The average Bonchev–Trinajstić information content (AvgIpc) is 3.08. The van der Waals surface area contributed by atoms with E-state index in [1.165, 1.54) is 5.56 Å². The molecule has 31 heavy (non-hydrogen) atoms. The number of nitrogens with one attached hydrogen (secondary N) is 1. The zero-order chi connectivity index (χ0) is 22.4. The van der Waals surface area contributed by atoms with Crippen molar-refractivity contribution in [1.82, 2.24) is 15.4 Å². The fraction of sp³-hybridized carbons (Fsp3) is 0.333. The fourth-order valence-corrected chi connectivity index (χ4v) is 3.29. The maximum Gasteiger partial charge on any atom is 0.251 e. The van der Waals surface area contributed by atoms with Crippen LogP contribution in [0, 0.1) is 13.8 Å². The van der Waals surface area contributed by atoms with Gasteiger partial charge in [0.25, 0.3) is 5.91 Å². The number of rotatable bonds is 9. The second kappa shape index (κ2) is 10.1. The molecule has 0 aliphatic carbocycles.